The molecule has 1 aromatic carbocycles. The maximum atomic E-state index is 12.0. The maximum Gasteiger partial charge on any atom is 0.251 e. The van der Waals surface area contributed by atoms with Gasteiger partial charge >= 0.3 is 0 Å². The summed E-state index contributed by atoms with van der Waals surface area (Å²) in [5.41, 5.74) is 0.614. The molecule has 6 heteroatoms. The Hall–Kier alpha value is -2.24. The number of amides is 1. The van der Waals surface area contributed by atoms with Crippen LogP contribution in [0.3, 0.4) is 0 Å². The molecule has 0 bridgehead atoms. The van der Waals surface area contributed by atoms with Crippen LogP contribution in [0.2, 0.25) is 0 Å². The van der Waals surface area contributed by atoms with Crippen molar-refractivity contribution in [1.82, 2.24) is 16.0 Å². The lowest BCUT2D eigenvalue weighted by Crippen LogP contribution is -2.44. The molecule has 1 atom stereocenters. The number of nitrogens with zero attached hydrogens (tertiary/aromatic N) is 1. The predicted molar refractivity (Wildman–Crippen MR) is 89.6 cm³/mol. The van der Waals surface area contributed by atoms with E-state index in [0.717, 1.165) is 18.1 Å². The van der Waals surface area contributed by atoms with E-state index in [9.17, 15) is 4.79 Å². The summed E-state index contributed by atoms with van der Waals surface area (Å²) in [7, 11) is 3.33. The molecule has 1 aromatic rings. The summed E-state index contributed by atoms with van der Waals surface area (Å²) in [5.74, 6) is 1.38. The molecule has 0 aliphatic heterocycles. The zero-order valence-corrected chi connectivity index (χ0v) is 13.8. The third-order valence-corrected chi connectivity index (χ3v) is 3.27. The highest BCUT2D eigenvalue weighted by atomic mass is 16.5. The minimum atomic E-state index is -0.102. The number of ether oxygens (including phenoxy) is 1. The van der Waals surface area contributed by atoms with Gasteiger partial charge in [-0.3, -0.25) is 9.79 Å². The molecular weight excluding hydrogens is 280 g/mol. The Kier molecular flexibility index (Phi) is 7.81. The van der Waals surface area contributed by atoms with Crippen molar-refractivity contribution in [2.45, 2.75) is 26.3 Å². The van der Waals surface area contributed by atoms with Crippen LogP contribution in [0.1, 0.15) is 30.6 Å². The first-order chi connectivity index (χ1) is 10.6. The van der Waals surface area contributed by atoms with E-state index in [1.54, 1.807) is 38.4 Å². The molecule has 0 fully saturated rings. The van der Waals surface area contributed by atoms with E-state index in [4.69, 9.17) is 4.74 Å². The van der Waals surface area contributed by atoms with Gasteiger partial charge in [-0.15, -0.1) is 0 Å². The molecule has 122 valence electrons. The molecular formula is C16H26N4O2. The highest BCUT2D eigenvalue weighted by Gasteiger charge is 2.05. The molecule has 0 radical (unpaired) electrons. The third kappa shape index (κ3) is 6.03. The van der Waals surface area contributed by atoms with Crippen LogP contribution in [0.15, 0.2) is 29.3 Å². The first-order valence-electron chi connectivity index (χ1n) is 7.50. The third-order valence-electron chi connectivity index (χ3n) is 3.27. The number of rotatable bonds is 7. The molecule has 0 saturated heterocycles. The quantitative estimate of drug-likeness (QED) is 0.404. The second kappa shape index (κ2) is 9.65. The van der Waals surface area contributed by atoms with Gasteiger partial charge in [-0.1, -0.05) is 6.92 Å². The highest BCUT2D eigenvalue weighted by Crippen LogP contribution is 2.10. The van der Waals surface area contributed by atoms with Crippen molar-refractivity contribution in [3.63, 3.8) is 0 Å². The number of guanidine groups is 1. The van der Waals surface area contributed by atoms with Gasteiger partial charge in [-0.25, -0.2) is 0 Å². The Morgan fingerprint density at radius 2 is 1.86 bits per heavy atom. The van der Waals surface area contributed by atoms with Gasteiger partial charge in [0.1, 0.15) is 5.75 Å². The van der Waals surface area contributed by atoms with Gasteiger partial charge in [0, 0.05) is 31.7 Å². The number of aliphatic imine (C=N–C) groups is 1. The van der Waals surface area contributed by atoms with Crippen LogP contribution in [0, 0.1) is 0 Å². The normalized spacial score (nSPS) is 12.5. The molecule has 0 spiro atoms. The molecule has 0 aromatic heterocycles. The van der Waals surface area contributed by atoms with Crippen LogP contribution >= 0.6 is 0 Å². The lowest BCUT2D eigenvalue weighted by molar-refractivity contribution is 0.0954. The Morgan fingerprint density at radius 3 is 2.41 bits per heavy atom. The molecule has 3 N–H and O–H groups in total. The average Bonchev–Trinajstić information content (AvgIpc) is 2.57. The Labute approximate surface area is 132 Å². The van der Waals surface area contributed by atoms with Crippen LogP contribution in [-0.2, 0) is 0 Å². The highest BCUT2D eigenvalue weighted by molar-refractivity contribution is 5.94. The Bertz CT molecular complexity index is 485. The monoisotopic (exact) mass is 306 g/mol. The van der Waals surface area contributed by atoms with Crippen molar-refractivity contribution in [2.75, 3.05) is 27.2 Å². The van der Waals surface area contributed by atoms with Gasteiger partial charge in [0.25, 0.3) is 5.91 Å². The summed E-state index contributed by atoms with van der Waals surface area (Å²) in [6.07, 6.45) is 1.02. The number of benzene rings is 1. The summed E-state index contributed by atoms with van der Waals surface area (Å²) in [5, 5.41) is 9.28. The number of carbonyl (C=O) groups is 1. The van der Waals surface area contributed by atoms with Gasteiger partial charge in [0.2, 0.25) is 0 Å². The minimum Gasteiger partial charge on any atom is -0.497 e. The van der Waals surface area contributed by atoms with Crippen LogP contribution in [0.4, 0.5) is 0 Å². The molecule has 1 unspecified atom stereocenters. The Balaban J connectivity index is 2.32. The molecule has 0 aliphatic rings. The number of hydrogen-bond acceptors (Lipinski definition) is 3. The SMILES string of the molecule is CCC(C)NC(=NC)NCCNC(=O)c1ccc(OC)cc1. The summed E-state index contributed by atoms with van der Waals surface area (Å²) in [4.78, 5) is 16.1. The summed E-state index contributed by atoms with van der Waals surface area (Å²) in [6, 6.07) is 7.38. The number of methoxy groups -OCH3 is 1. The second-order valence-electron chi connectivity index (χ2n) is 4.94. The number of carbonyl (C=O) groups excluding carboxylic acids is 1. The van der Waals surface area contributed by atoms with E-state index >= 15 is 0 Å². The van der Waals surface area contributed by atoms with Crippen molar-refractivity contribution in [3.8, 4) is 5.75 Å². The van der Waals surface area contributed by atoms with Crippen LogP contribution in [-0.4, -0.2) is 45.2 Å². The number of hydrogen-bond donors (Lipinski definition) is 3. The summed E-state index contributed by atoms with van der Waals surface area (Å²) < 4.78 is 5.07. The topological polar surface area (TPSA) is 74.8 Å². The molecule has 6 nitrogen and oxygen atoms in total. The fraction of sp³-hybridized carbons (Fsp3) is 0.500. The molecule has 0 heterocycles. The van der Waals surface area contributed by atoms with Crippen molar-refractivity contribution in [1.29, 1.82) is 0 Å². The van der Waals surface area contributed by atoms with Gasteiger partial charge < -0.3 is 20.7 Å². The van der Waals surface area contributed by atoms with Crippen molar-refractivity contribution >= 4 is 11.9 Å². The first-order valence-corrected chi connectivity index (χ1v) is 7.50. The van der Waals surface area contributed by atoms with Gasteiger partial charge in [0.15, 0.2) is 5.96 Å². The molecule has 1 rings (SSSR count). The van der Waals surface area contributed by atoms with Crippen molar-refractivity contribution in [2.24, 2.45) is 4.99 Å². The fourth-order valence-corrected chi connectivity index (χ4v) is 1.73. The lowest BCUT2D eigenvalue weighted by atomic mass is 10.2. The van der Waals surface area contributed by atoms with Crippen molar-refractivity contribution in [3.05, 3.63) is 29.8 Å². The van der Waals surface area contributed by atoms with Crippen LogP contribution < -0.4 is 20.7 Å². The largest absolute Gasteiger partial charge is 0.497 e. The summed E-state index contributed by atoms with van der Waals surface area (Å²) >= 11 is 0. The number of nitrogens with one attached hydrogen (secondary N) is 3. The van der Waals surface area contributed by atoms with E-state index in [1.807, 2.05) is 0 Å². The smallest absolute Gasteiger partial charge is 0.251 e. The molecule has 0 saturated carbocycles. The van der Waals surface area contributed by atoms with Crippen LogP contribution in [0.5, 0.6) is 5.75 Å². The predicted octanol–water partition coefficient (Wildman–Crippen LogP) is 1.39. The minimum absolute atomic E-state index is 0.102. The lowest BCUT2D eigenvalue weighted by Gasteiger charge is -2.16. The first kappa shape index (κ1) is 17.8. The molecule has 1 amide bonds. The standard InChI is InChI=1S/C16H26N4O2/c1-5-12(2)20-16(17-3)19-11-10-18-15(21)13-6-8-14(22-4)9-7-13/h6-9,12H,5,10-11H2,1-4H3,(H,18,21)(H2,17,19,20). The van der Waals surface area contributed by atoms with E-state index in [0.29, 0.717) is 24.7 Å². The molecule has 22 heavy (non-hydrogen) atoms. The summed E-state index contributed by atoms with van der Waals surface area (Å²) in [6.45, 7) is 5.34. The second-order valence-corrected chi connectivity index (χ2v) is 4.94. The van der Waals surface area contributed by atoms with E-state index < -0.39 is 0 Å². The van der Waals surface area contributed by atoms with E-state index in [-0.39, 0.29) is 5.91 Å². The zero-order chi connectivity index (χ0) is 16.4. The van der Waals surface area contributed by atoms with Crippen molar-refractivity contribution < 1.29 is 9.53 Å². The zero-order valence-electron chi connectivity index (χ0n) is 13.8. The maximum absolute atomic E-state index is 12.0. The Morgan fingerprint density at radius 1 is 1.23 bits per heavy atom. The molecule has 0 aliphatic carbocycles. The van der Waals surface area contributed by atoms with E-state index in [2.05, 4.69) is 34.8 Å². The van der Waals surface area contributed by atoms with E-state index in [1.165, 1.54) is 0 Å². The van der Waals surface area contributed by atoms with Gasteiger partial charge in [0.05, 0.1) is 7.11 Å². The van der Waals surface area contributed by atoms with Gasteiger partial charge in [-0.05, 0) is 37.6 Å². The van der Waals surface area contributed by atoms with Gasteiger partial charge in [-0.2, -0.15) is 0 Å². The average molecular weight is 306 g/mol. The fourth-order valence-electron chi connectivity index (χ4n) is 1.73. The van der Waals surface area contributed by atoms with Crippen LogP contribution in [0.25, 0.3) is 0 Å².